The molecule has 1 unspecified atom stereocenters. The van der Waals surface area contributed by atoms with Crippen LogP contribution in [0.2, 0.25) is 0 Å². The van der Waals surface area contributed by atoms with Gasteiger partial charge in [-0.05, 0) is 37.1 Å². The van der Waals surface area contributed by atoms with E-state index in [1.165, 1.54) is 0 Å². The number of hydrogen-bond donors (Lipinski definition) is 1. The van der Waals surface area contributed by atoms with Gasteiger partial charge < -0.3 is 14.7 Å². The van der Waals surface area contributed by atoms with Crippen molar-refractivity contribution in [2.45, 2.75) is 25.9 Å². The van der Waals surface area contributed by atoms with E-state index in [1.807, 2.05) is 12.1 Å². The quantitative estimate of drug-likeness (QED) is 0.883. The molecule has 1 aromatic carbocycles. The number of hydrogen-bond acceptors (Lipinski definition) is 3. The molecule has 1 aliphatic heterocycles. The Morgan fingerprint density at radius 2 is 2.17 bits per heavy atom. The molecule has 18 heavy (non-hydrogen) atoms. The maximum atomic E-state index is 12.1. The van der Waals surface area contributed by atoms with Gasteiger partial charge in [-0.15, -0.1) is 0 Å². The summed E-state index contributed by atoms with van der Waals surface area (Å²) in [4.78, 5) is 13.8. The van der Waals surface area contributed by atoms with Crippen LogP contribution in [0.5, 0.6) is 5.75 Å². The van der Waals surface area contributed by atoms with Gasteiger partial charge in [-0.3, -0.25) is 4.79 Å². The van der Waals surface area contributed by atoms with E-state index in [2.05, 4.69) is 6.92 Å². The number of carbonyl (C=O) groups is 1. The summed E-state index contributed by atoms with van der Waals surface area (Å²) in [7, 11) is 0. The highest BCUT2D eigenvalue weighted by Gasteiger charge is 2.25. The molecule has 1 aliphatic rings. The van der Waals surface area contributed by atoms with Crippen LogP contribution in [0.1, 0.15) is 30.1 Å². The number of aliphatic hydroxyl groups excluding tert-OH is 1. The van der Waals surface area contributed by atoms with E-state index >= 15 is 0 Å². The monoisotopic (exact) mass is 249 g/mol. The van der Waals surface area contributed by atoms with Crippen LogP contribution in [0.15, 0.2) is 24.3 Å². The first-order valence-corrected chi connectivity index (χ1v) is 6.41. The van der Waals surface area contributed by atoms with Gasteiger partial charge in [0.2, 0.25) is 0 Å². The van der Waals surface area contributed by atoms with Crippen LogP contribution in [-0.2, 0) is 0 Å². The molecule has 1 amide bonds. The van der Waals surface area contributed by atoms with Gasteiger partial charge in [0.1, 0.15) is 5.75 Å². The lowest BCUT2D eigenvalue weighted by atomic mass is 10.2. The number of carbonyl (C=O) groups excluding carboxylic acids is 1. The molecule has 1 fully saturated rings. The molecule has 98 valence electrons. The Bertz CT molecular complexity index is 402. The SMILES string of the molecule is CCCOc1ccc(C(=O)N2CCC(O)C2)cc1. The van der Waals surface area contributed by atoms with Crippen LogP contribution in [0.25, 0.3) is 0 Å². The van der Waals surface area contributed by atoms with Gasteiger partial charge in [-0.2, -0.15) is 0 Å². The summed E-state index contributed by atoms with van der Waals surface area (Å²) in [5.74, 6) is 0.767. The van der Waals surface area contributed by atoms with Crippen LogP contribution >= 0.6 is 0 Å². The molecule has 4 nitrogen and oxygen atoms in total. The highest BCUT2D eigenvalue weighted by molar-refractivity contribution is 5.94. The van der Waals surface area contributed by atoms with Gasteiger partial charge in [-0.1, -0.05) is 6.92 Å². The van der Waals surface area contributed by atoms with Crippen LogP contribution in [0.3, 0.4) is 0 Å². The molecule has 1 aromatic rings. The predicted molar refractivity (Wildman–Crippen MR) is 68.8 cm³/mol. The number of rotatable bonds is 4. The fourth-order valence-electron chi connectivity index (χ4n) is 2.02. The molecular weight excluding hydrogens is 230 g/mol. The van der Waals surface area contributed by atoms with E-state index in [0.29, 0.717) is 31.7 Å². The lowest BCUT2D eigenvalue weighted by Gasteiger charge is -2.15. The number of β-amino-alcohol motifs (C(OH)–C–C–N with tert-alkyl or cyclic N) is 1. The van der Waals surface area contributed by atoms with Crippen molar-refractivity contribution in [2.75, 3.05) is 19.7 Å². The highest BCUT2D eigenvalue weighted by Crippen LogP contribution is 2.17. The molecule has 1 N–H and O–H groups in total. The van der Waals surface area contributed by atoms with Gasteiger partial charge in [0.15, 0.2) is 0 Å². The van der Waals surface area contributed by atoms with Crippen molar-refractivity contribution in [2.24, 2.45) is 0 Å². The first kappa shape index (κ1) is 12.9. The number of aliphatic hydroxyl groups is 1. The molecule has 1 atom stereocenters. The number of likely N-dealkylation sites (tertiary alicyclic amines) is 1. The smallest absolute Gasteiger partial charge is 0.253 e. The maximum absolute atomic E-state index is 12.1. The van der Waals surface area contributed by atoms with Gasteiger partial charge in [0, 0.05) is 18.7 Å². The minimum atomic E-state index is -0.374. The van der Waals surface area contributed by atoms with Crippen LogP contribution in [0.4, 0.5) is 0 Å². The van der Waals surface area contributed by atoms with Crippen LogP contribution < -0.4 is 4.74 Å². The second kappa shape index (κ2) is 5.87. The van der Waals surface area contributed by atoms with Gasteiger partial charge in [0.05, 0.1) is 12.7 Å². The van der Waals surface area contributed by atoms with Gasteiger partial charge >= 0.3 is 0 Å². The number of amides is 1. The maximum Gasteiger partial charge on any atom is 0.253 e. The highest BCUT2D eigenvalue weighted by atomic mass is 16.5. The summed E-state index contributed by atoms with van der Waals surface area (Å²) in [6.07, 6.45) is 1.26. The zero-order chi connectivity index (χ0) is 13.0. The summed E-state index contributed by atoms with van der Waals surface area (Å²) in [6, 6.07) is 7.18. The molecule has 0 saturated carbocycles. The molecule has 0 aromatic heterocycles. The number of nitrogens with zero attached hydrogens (tertiary/aromatic N) is 1. The lowest BCUT2D eigenvalue weighted by molar-refractivity contribution is 0.0765. The van der Waals surface area contributed by atoms with Crippen LogP contribution in [0, 0.1) is 0 Å². The van der Waals surface area contributed by atoms with Crippen molar-refractivity contribution < 1.29 is 14.6 Å². The Labute approximate surface area is 107 Å². The molecular formula is C14H19NO3. The Morgan fingerprint density at radius 3 is 2.72 bits per heavy atom. The van der Waals surface area contributed by atoms with Crippen molar-refractivity contribution >= 4 is 5.91 Å². The fourth-order valence-corrected chi connectivity index (χ4v) is 2.02. The van der Waals surface area contributed by atoms with E-state index in [0.717, 1.165) is 12.2 Å². The summed E-state index contributed by atoms with van der Waals surface area (Å²) in [6.45, 7) is 3.81. The van der Waals surface area contributed by atoms with E-state index in [9.17, 15) is 9.90 Å². The minimum Gasteiger partial charge on any atom is -0.494 e. The standard InChI is InChI=1S/C14H19NO3/c1-2-9-18-13-5-3-11(4-6-13)14(17)15-8-7-12(16)10-15/h3-6,12,16H,2,7-10H2,1H3. The molecule has 0 spiro atoms. The molecule has 2 rings (SSSR count). The Kier molecular flexibility index (Phi) is 4.20. The van der Waals surface area contributed by atoms with E-state index in [-0.39, 0.29) is 12.0 Å². The Balaban J connectivity index is 1.98. The second-order valence-corrected chi connectivity index (χ2v) is 4.57. The molecule has 4 heteroatoms. The molecule has 0 radical (unpaired) electrons. The normalized spacial score (nSPS) is 19.0. The zero-order valence-corrected chi connectivity index (χ0v) is 10.6. The summed E-state index contributed by atoms with van der Waals surface area (Å²) in [5, 5.41) is 9.42. The van der Waals surface area contributed by atoms with E-state index < -0.39 is 0 Å². The summed E-state index contributed by atoms with van der Waals surface area (Å²) >= 11 is 0. The third-order valence-corrected chi connectivity index (χ3v) is 3.02. The average molecular weight is 249 g/mol. The second-order valence-electron chi connectivity index (χ2n) is 4.57. The zero-order valence-electron chi connectivity index (χ0n) is 10.6. The average Bonchev–Trinajstić information content (AvgIpc) is 2.83. The molecule has 0 aliphatic carbocycles. The predicted octanol–water partition coefficient (Wildman–Crippen LogP) is 1.68. The first-order valence-electron chi connectivity index (χ1n) is 6.41. The Morgan fingerprint density at radius 1 is 1.44 bits per heavy atom. The molecule has 0 bridgehead atoms. The molecule has 1 heterocycles. The van der Waals surface area contributed by atoms with Gasteiger partial charge in [0.25, 0.3) is 5.91 Å². The third kappa shape index (κ3) is 3.01. The van der Waals surface area contributed by atoms with E-state index in [1.54, 1.807) is 17.0 Å². The molecule has 1 saturated heterocycles. The van der Waals surface area contributed by atoms with Crippen molar-refractivity contribution in [3.63, 3.8) is 0 Å². The van der Waals surface area contributed by atoms with Gasteiger partial charge in [-0.25, -0.2) is 0 Å². The largest absolute Gasteiger partial charge is 0.494 e. The fraction of sp³-hybridized carbons (Fsp3) is 0.500. The summed E-state index contributed by atoms with van der Waals surface area (Å²) in [5.41, 5.74) is 0.646. The number of ether oxygens (including phenoxy) is 1. The van der Waals surface area contributed by atoms with Crippen molar-refractivity contribution in [1.82, 2.24) is 4.90 Å². The van der Waals surface area contributed by atoms with E-state index in [4.69, 9.17) is 4.74 Å². The van der Waals surface area contributed by atoms with Crippen molar-refractivity contribution in [3.8, 4) is 5.75 Å². The third-order valence-electron chi connectivity index (χ3n) is 3.02. The minimum absolute atomic E-state index is 0.0198. The Hall–Kier alpha value is -1.55. The lowest BCUT2D eigenvalue weighted by Crippen LogP contribution is -2.29. The topological polar surface area (TPSA) is 49.8 Å². The summed E-state index contributed by atoms with van der Waals surface area (Å²) < 4.78 is 5.47. The first-order chi connectivity index (χ1) is 8.70. The van der Waals surface area contributed by atoms with Crippen molar-refractivity contribution in [3.05, 3.63) is 29.8 Å². The number of benzene rings is 1. The van der Waals surface area contributed by atoms with Crippen molar-refractivity contribution in [1.29, 1.82) is 0 Å². The van der Waals surface area contributed by atoms with Crippen LogP contribution in [-0.4, -0.2) is 41.7 Å².